The van der Waals surface area contributed by atoms with Crippen molar-refractivity contribution >= 4 is 5.91 Å². The average Bonchev–Trinajstić information content (AvgIpc) is 3.10. The average molecular weight is 383 g/mol. The van der Waals surface area contributed by atoms with Gasteiger partial charge in [0.2, 0.25) is 5.91 Å². The van der Waals surface area contributed by atoms with Crippen LogP contribution in [0.5, 0.6) is 0 Å². The first-order chi connectivity index (χ1) is 13.4. The van der Waals surface area contributed by atoms with Gasteiger partial charge in [0.15, 0.2) is 0 Å². The van der Waals surface area contributed by atoms with Gasteiger partial charge in [-0.1, -0.05) is 37.3 Å². The number of carbonyl (C=O) groups excluding carboxylic acids is 1. The third kappa shape index (κ3) is 2.78. The minimum atomic E-state index is -0.620. The molecule has 2 heterocycles. The van der Waals surface area contributed by atoms with E-state index in [2.05, 4.69) is 12.0 Å². The van der Waals surface area contributed by atoms with Crippen LogP contribution in [0.15, 0.2) is 30.3 Å². The van der Waals surface area contributed by atoms with Crippen molar-refractivity contribution in [3.05, 3.63) is 52.8 Å². The van der Waals surface area contributed by atoms with Gasteiger partial charge in [0.05, 0.1) is 11.8 Å². The van der Waals surface area contributed by atoms with E-state index in [9.17, 15) is 15.0 Å². The van der Waals surface area contributed by atoms with Gasteiger partial charge in [0.25, 0.3) is 0 Å². The lowest BCUT2D eigenvalue weighted by molar-refractivity contribution is -0.131. The van der Waals surface area contributed by atoms with E-state index in [1.165, 1.54) is 5.56 Å². The number of nitrogens with zero attached hydrogens (tertiary/aromatic N) is 3. The SMILES string of the molecule is CCc1c(C)nn(CC(=O)N2C[C@@H](O)[C@@]3(C2)[C@H](CO)[C@H]3c2ccccc2)c1C. The highest BCUT2D eigenvalue weighted by Gasteiger charge is 2.71. The van der Waals surface area contributed by atoms with E-state index in [-0.39, 0.29) is 30.9 Å². The van der Waals surface area contributed by atoms with Gasteiger partial charge in [-0.2, -0.15) is 5.10 Å². The number of likely N-dealkylation sites (tertiary alicyclic amines) is 1. The molecule has 1 aromatic carbocycles. The van der Waals surface area contributed by atoms with Crippen LogP contribution >= 0.6 is 0 Å². The number of rotatable bonds is 5. The third-order valence-electron chi connectivity index (χ3n) is 6.92. The summed E-state index contributed by atoms with van der Waals surface area (Å²) in [5.41, 5.74) is 3.88. The van der Waals surface area contributed by atoms with Crippen LogP contribution in [0.25, 0.3) is 0 Å². The minimum absolute atomic E-state index is 0.0110. The highest BCUT2D eigenvalue weighted by atomic mass is 16.3. The molecule has 1 aliphatic carbocycles. The molecule has 6 nitrogen and oxygen atoms in total. The van der Waals surface area contributed by atoms with Crippen LogP contribution in [0.2, 0.25) is 0 Å². The van der Waals surface area contributed by atoms with Crippen molar-refractivity contribution in [1.82, 2.24) is 14.7 Å². The summed E-state index contributed by atoms with van der Waals surface area (Å²) < 4.78 is 1.78. The van der Waals surface area contributed by atoms with Crippen LogP contribution in [0.1, 0.15) is 35.4 Å². The summed E-state index contributed by atoms with van der Waals surface area (Å²) in [7, 11) is 0. The van der Waals surface area contributed by atoms with Gasteiger partial charge < -0.3 is 15.1 Å². The summed E-state index contributed by atoms with van der Waals surface area (Å²) in [5.74, 6) is 0.0505. The molecule has 2 aromatic rings. The van der Waals surface area contributed by atoms with Crippen molar-refractivity contribution in [2.24, 2.45) is 11.3 Å². The number of aliphatic hydroxyl groups is 2. The normalized spacial score (nSPS) is 28.9. The molecule has 2 N–H and O–H groups in total. The van der Waals surface area contributed by atoms with E-state index in [1.807, 2.05) is 44.2 Å². The van der Waals surface area contributed by atoms with Crippen molar-refractivity contribution < 1.29 is 15.0 Å². The highest BCUT2D eigenvalue weighted by Crippen LogP contribution is 2.68. The van der Waals surface area contributed by atoms with Gasteiger partial charge in [-0.15, -0.1) is 0 Å². The summed E-state index contributed by atoms with van der Waals surface area (Å²) >= 11 is 0. The highest BCUT2D eigenvalue weighted by molar-refractivity contribution is 5.77. The quantitative estimate of drug-likeness (QED) is 0.823. The molecule has 2 aliphatic rings. The lowest BCUT2D eigenvalue weighted by Gasteiger charge is -2.17. The predicted molar refractivity (Wildman–Crippen MR) is 106 cm³/mol. The Morgan fingerprint density at radius 1 is 1.29 bits per heavy atom. The number of hydrogen-bond donors (Lipinski definition) is 2. The molecule has 28 heavy (non-hydrogen) atoms. The van der Waals surface area contributed by atoms with Crippen molar-refractivity contribution in [2.75, 3.05) is 19.7 Å². The topological polar surface area (TPSA) is 78.6 Å². The van der Waals surface area contributed by atoms with Crippen LogP contribution in [0.3, 0.4) is 0 Å². The summed E-state index contributed by atoms with van der Waals surface area (Å²) in [4.78, 5) is 14.7. The second kappa shape index (κ2) is 7.01. The number of hydrogen-bond acceptors (Lipinski definition) is 4. The van der Waals surface area contributed by atoms with Gasteiger partial charge in [0.1, 0.15) is 6.54 Å². The Kier molecular flexibility index (Phi) is 4.79. The molecule has 1 aromatic heterocycles. The first-order valence-electron chi connectivity index (χ1n) is 10.1. The van der Waals surface area contributed by atoms with Crippen molar-refractivity contribution in [3.8, 4) is 0 Å². The number of benzene rings is 1. The molecule has 1 saturated carbocycles. The fraction of sp³-hybridized carbons (Fsp3) is 0.545. The van der Waals surface area contributed by atoms with Crippen molar-refractivity contribution in [3.63, 3.8) is 0 Å². The zero-order chi connectivity index (χ0) is 20.1. The van der Waals surface area contributed by atoms with E-state index < -0.39 is 11.5 Å². The Morgan fingerprint density at radius 2 is 2.00 bits per heavy atom. The third-order valence-corrected chi connectivity index (χ3v) is 6.92. The van der Waals surface area contributed by atoms with Crippen LogP contribution in [-0.4, -0.2) is 56.6 Å². The van der Waals surface area contributed by atoms with E-state index in [4.69, 9.17) is 0 Å². The van der Waals surface area contributed by atoms with Gasteiger partial charge in [0, 0.05) is 30.8 Å². The molecule has 1 spiro atoms. The summed E-state index contributed by atoms with van der Waals surface area (Å²) in [5, 5.41) is 25.3. The maximum Gasteiger partial charge on any atom is 0.244 e. The standard InChI is InChI=1S/C22H29N3O3/c1-4-17-14(2)23-25(15(17)3)11-20(28)24-10-19(27)22(13-24)18(12-26)21(22)16-8-6-5-7-9-16/h5-9,18-19,21,26-27H,4,10-13H2,1-3H3/t18-,19-,21-,22-/m1/s1. The van der Waals surface area contributed by atoms with Crippen LogP contribution in [0.4, 0.5) is 0 Å². The molecule has 0 unspecified atom stereocenters. The van der Waals surface area contributed by atoms with Gasteiger partial charge in [-0.3, -0.25) is 9.48 Å². The Morgan fingerprint density at radius 3 is 2.61 bits per heavy atom. The summed E-state index contributed by atoms with van der Waals surface area (Å²) in [6.45, 7) is 7.08. The van der Waals surface area contributed by atoms with Crippen LogP contribution in [-0.2, 0) is 17.8 Å². The van der Waals surface area contributed by atoms with E-state index in [1.54, 1.807) is 9.58 Å². The van der Waals surface area contributed by atoms with Crippen LogP contribution < -0.4 is 0 Å². The molecular formula is C22H29N3O3. The maximum atomic E-state index is 13.0. The van der Waals surface area contributed by atoms with Gasteiger partial charge >= 0.3 is 0 Å². The molecular weight excluding hydrogens is 354 g/mol. The molecule has 150 valence electrons. The molecule has 1 saturated heterocycles. The second-order valence-corrected chi connectivity index (χ2v) is 8.24. The Balaban J connectivity index is 1.52. The smallest absolute Gasteiger partial charge is 0.244 e. The predicted octanol–water partition coefficient (Wildman–Crippen LogP) is 1.66. The number of aromatic nitrogens is 2. The molecule has 4 rings (SSSR count). The van der Waals surface area contributed by atoms with Crippen LogP contribution in [0, 0.1) is 25.2 Å². The molecule has 2 fully saturated rings. The maximum absolute atomic E-state index is 13.0. The largest absolute Gasteiger partial charge is 0.396 e. The molecule has 6 heteroatoms. The molecule has 0 bridgehead atoms. The fourth-order valence-corrected chi connectivity index (χ4v) is 5.39. The summed E-state index contributed by atoms with van der Waals surface area (Å²) in [6.07, 6.45) is 0.277. The number of β-amino-alcohol motifs (C(OH)–C–C–N with tert-alkyl or cyclic N) is 1. The second-order valence-electron chi connectivity index (χ2n) is 8.24. The monoisotopic (exact) mass is 383 g/mol. The van der Waals surface area contributed by atoms with Crippen molar-refractivity contribution in [2.45, 2.75) is 45.8 Å². The van der Waals surface area contributed by atoms with Crippen molar-refractivity contribution in [1.29, 1.82) is 0 Å². The lowest BCUT2D eigenvalue weighted by Crippen LogP contribution is -2.33. The Hall–Kier alpha value is -2.18. The Bertz CT molecular complexity index is 879. The zero-order valence-corrected chi connectivity index (χ0v) is 16.8. The van der Waals surface area contributed by atoms with E-state index >= 15 is 0 Å². The molecule has 4 atom stereocenters. The number of amides is 1. The Labute approximate surface area is 165 Å². The fourth-order valence-electron chi connectivity index (χ4n) is 5.39. The van der Waals surface area contributed by atoms with Gasteiger partial charge in [-0.25, -0.2) is 0 Å². The number of carbonyl (C=O) groups is 1. The lowest BCUT2D eigenvalue weighted by atomic mass is 9.95. The molecule has 0 radical (unpaired) electrons. The minimum Gasteiger partial charge on any atom is -0.396 e. The number of aliphatic hydroxyl groups excluding tert-OH is 2. The zero-order valence-electron chi connectivity index (χ0n) is 16.8. The number of aryl methyl sites for hydroxylation is 1. The van der Waals surface area contributed by atoms with Gasteiger partial charge in [-0.05, 0) is 43.2 Å². The molecule has 1 aliphatic heterocycles. The van der Waals surface area contributed by atoms with E-state index in [0.717, 1.165) is 23.4 Å². The molecule has 1 amide bonds. The first kappa shape index (κ1) is 19.2. The first-order valence-corrected chi connectivity index (χ1v) is 10.1. The summed E-state index contributed by atoms with van der Waals surface area (Å²) in [6, 6.07) is 10.0. The van der Waals surface area contributed by atoms with E-state index in [0.29, 0.717) is 13.1 Å².